The lowest BCUT2D eigenvalue weighted by Gasteiger charge is -2.24. The topological polar surface area (TPSA) is 118 Å². The molecule has 0 aliphatic carbocycles. The van der Waals surface area contributed by atoms with Crippen LogP contribution in [0.25, 0.3) is 0 Å². The molecule has 0 heterocycles. The molecule has 2 rings (SSSR count). The molecule has 150 valence electrons. The van der Waals surface area contributed by atoms with Crippen LogP contribution in [0.5, 0.6) is 0 Å². The molecule has 0 spiro atoms. The number of rotatable bonds is 9. The standard InChI is InChI=1S/C19H23N3O5S/c1-19(2,15-7-4-3-5-8-15)14-18(23)20-11-12-21-28(26,27)17-10-6-9-16(13-17)22(24)25/h3-10,13,21H,11-12,14H2,1-2H3,(H,20,23). The summed E-state index contributed by atoms with van der Waals surface area (Å²) in [5.74, 6) is -0.191. The van der Waals surface area contributed by atoms with Crippen LogP contribution in [0.1, 0.15) is 25.8 Å². The molecule has 0 aliphatic heterocycles. The minimum Gasteiger partial charge on any atom is -0.355 e. The van der Waals surface area contributed by atoms with Crippen molar-refractivity contribution in [2.75, 3.05) is 13.1 Å². The Morgan fingerprint density at radius 2 is 1.75 bits per heavy atom. The number of nitrogens with one attached hydrogen (secondary N) is 2. The fourth-order valence-corrected chi connectivity index (χ4v) is 3.76. The molecule has 1 amide bonds. The van der Waals surface area contributed by atoms with Crippen LogP contribution in [0.15, 0.2) is 59.5 Å². The minimum absolute atomic E-state index is 0.0253. The maximum absolute atomic E-state index is 12.2. The first kappa shape index (κ1) is 21.5. The molecule has 2 aromatic rings. The van der Waals surface area contributed by atoms with Crippen molar-refractivity contribution in [1.29, 1.82) is 0 Å². The zero-order valence-electron chi connectivity index (χ0n) is 15.7. The van der Waals surface area contributed by atoms with Crippen molar-refractivity contribution >= 4 is 21.6 Å². The number of hydrogen-bond donors (Lipinski definition) is 2. The lowest BCUT2D eigenvalue weighted by molar-refractivity contribution is -0.385. The second-order valence-electron chi connectivity index (χ2n) is 6.93. The van der Waals surface area contributed by atoms with Crippen molar-refractivity contribution in [3.05, 3.63) is 70.3 Å². The number of amides is 1. The summed E-state index contributed by atoms with van der Waals surface area (Å²) in [4.78, 5) is 22.1. The van der Waals surface area contributed by atoms with Gasteiger partial charge < -0.3 is 5.32 Å². The van der Waals surface area contributed by atoms with E-state index < -0.39 is 14.9 Å². The number of benzene rings is 2. The van der Waals surface area contributed by atoms with Crippen molar-refractivity contribution in [1.82, 2.24) is 10.0 Å². The summed E-state index contributed by atoms with van der Waals surface area (Å²) in [5, 5.41) is 13.5. The Hall–Kier alpha value is -2.78. The highest BCUT2D eigenvalue weighted by atomic mass is 32.2. The van der Waals surface area contributed by atoms with Gasteiger partial charge in [0.1, 0.15) is 0 Å². The SMILES string of the molecule is CC(C)(CC(=O)NCCNS(=O)(=O)c1cccc([N+](=O)[O-])c1)c1ccccc1. The van der Waals surface area contributed by atoms with Crippen LogP contribution in [-0.2, 0) is 20.2 Å². The van der Waals surface area contributed by atoms with Gasteiger partial charge in [-0.25, -0.2) is 13.1 Å². The normalized spacial score (nSPS) is 11.8. The summed E-state index contributed by atoms with van der Waals surface area (Å²) in [6.07, 6.45) is 0.259. The Morgan fingerprint density at radius 3 is 2.39 bits per heavy atom. The van der Waals surface area contributed by atoms with E-state index in [-0.39, 0.29) is 41.4 Å². The molecule has 0 radical (unpaired) electrons. The smallest absolute Gasteiger partial charge is 0.270 e. The molecule has 2 aromatic carbocycles. The third-order valence-electron chi connectivity index (χ3n) is 4.24. The van der Waals surface area contributed by atoms with E-state index in [0.717, 1.165) is 11.6 Å². The third kappa shape index (κ3) is 5.86. The molecular weight excluding hydrogens is 382 g/mol. The van der Waals surface area contributed by atoms with Gasteiger partial charge in [0.15, 0.2) is 0 Å². The molecule has 9 heteroatoms. The summed E-state index contributed by atoms with van der Waals surface area (Å²) in [6, 6.07) is 14.4. The van der Waals surface area contributed by atoms with Gasteiger partial charge in [0, 0.05) is 31.6 Å². The number of carbonyl (C=O) groups excluding carboxylic acids is 1. The second kappa shape index (κ2) is 8.94. The second-order valence-corrected chi connectivity index (χ2v) is 8.70. The van der Waals surface area contributed by atoms with Gasteiger partial charge in [-0.1, -0.05) is 50.2 Å². The number of nitrogens with zero attached hydrogens (tertiary/aromatic N) is 1. The van der Waals surface area contributed by atoms with E-state index in [1.165, 1.54) is 18.2 Å². The van der Waals surface area contributed by atoms with Gasteiger partial charge in [-0.2, -0.15) is 0 Å². The first-order chi connectivity index (χ1) is 13.1. The van der Waals surface area contributed by atoms with Gasteiger partial charge >= 0.3 is 0 Å². The van der Waals surface area contributed by atoms with Crippen molar-refractivity contribution in [2.24, 2.45) is 0 Å². The van der Waals surface area contributed by atoms with E-state index in [4.69, 9.17) is 0 Å². The number of carbonyl (C=O) groups is 1. The largest absolute Gasteiger partial charge is 0.355 e. The van der Waals surface area contributed by atoms with E-state index in [1.807, 2.05) is 44.2 Å². The third-order valence-corrected chi connectivity index (χ3v) is 5.69. The highest BCUT2D eigenvalue weighted by molar-refractivity contribution is 7.89. The van der Waals surface area contributed by atoms with Gasteiger partial charge in [0.05, 0.1) is 9.82 Å². The number of hydrogen-bond acceptors (Lipinski definition) is 5. The van der Waals surface area contributed by atoms with Gasteiger partial charge in [-0.05, 0) is 17.0 Å². The van der Waals surface area contributed by atoms with E-state index >= 15 is 0 Å². The van der Waals surface area contributed by atoms with Crippen LogP contribution in [0.3, 0.4) is 0 Å². The maximum Gasteiger partial charge on any atom is 0.270 e. The van der Waals surface area contributed by atoms with E-state index in [1.54, 1.807) is 0 Å². The van der Waals surface area contributed by atoms with Crippen molar-refractivity contribution in [3.8, 4) is 0 Å². The average Bonchev–Trinajstić information content (AvgIpc) is 2.66. The Balaban J connectivity index is 1.85. The summed E-state index contributed by atoms with van der Waals surface area (Å²) in [6.45, 7) is 4.01. The highest BCUT2D eigenvalue weighted by Gasteiger charge is 2.24. The molecule has 0 saturated heterocycles. The molecule has 0 fully saturated rings. The molecule has 2 N–H and O–H groups in total. The summed E-state index contributed by atoms with van der Waals surface area (Å²) in [5.41, 5.74) is 0.379. The molecule has 0 bridgehead atoms. The van der Waals surface area contributed by atoms with Gasteiger partial charge in [0.2, 0.25) is 15.9 Å². The van der Waals surface area contributed by atoms with E-state index in [0.29, 0.717) is 0 Å². The summed E-state index contributed by atoms with van der Waals surface area (Å²) < 4.78 is 26.8. The van der Waals surface area contributed by atoms with Crippen molar-refractivity contribution in [3.63, 3.8) is 0 Å². The first-order valence-electron chi connectivity index (χ1n) is 8.68. The predicted molar refractivity (Wildman–Crippen MR) is 105 cm³/mol. The average molecular weight is 405 g/mol. The van der Waals surface area contributed by atoms with Crippen LogP contribution in [-0.4, -0.2) is 32.3 Å². The monoisotopic (exact) mass is 405 g/mol. The van der Waals surface area contributed by atoms with E-state index in [9.17, 15) is 23.3 Å². The highest BCUT2D eigenvalue weighted by Crippen LogP contribution is 2.26. The van der Waals surface area contributed by atoms with Crippen LogP contribution in [0.2, 0.25) is 0 Å². The summed E-state index contributed by atoms with van der Waals surface area (Å²) in [7, 11) is -3.90. The van der Waals surface area contributed by atoms with Gasteiger partial charge in [-0.15, -0.1) is 0 Å². The van der Waals surface area contributed by atoms with Crippen molar-refractivity contribution < 1.29 is 18.1 Å². The molecule has 0 atom stereocenters. The molecular formula is C19H23N3O5S. The number of sulfonamides is 1. The maximum atomic E-state index is 12.2. The number of nitro groups is 1. The van der Waals surface area contributed by atoms with E-state index in [2.05, 4.69) is 10.0 Å². The summed E-state index contributed by atoms with van der Waals surface area (Å²) >= 11 is 0. The van der Waals surface area contributed by atoms with Crippen LogP contribution < -0.4 is 10.0 Å². The minimum atomic E-state index is -3.90. The Labute approximate surface area is 164 Å². The predicted octanol–water partition coefficient (Wildman–Crippen LogP) is 2.36. The van der Waals surface area contributed by atoms with Crippen LogP contribution in [0.4, 0.5) is 5.69 Å². The molecule has 28 heavy (non-hydrogen) atoms. The lowest BCUT2D eigenvalue weighted by atomic mass is 9.81. The Kier molecular flexibility index (Phi) is 6.87. The number of non-ortho nitro benzene ring substituents is 1. The first-order valence-corrected chi connectivity index (χ1v) is 10.2. The zero-order chi connectivity index (χ0) is 20.8. The quantitative estimate of drug-likeness (QED) is 0.377. The van der Waals surface area contributed by atoms with Crippen molar-refractivity contribution in [2.45, 2.75) is 30.6 Å². The molecule has 0 unspecified atom stereocenters. The van der Waals surface area contributed by atoms with Gasteiger partial charge in [-0.3, -0.25) is 14.9 Å². The van der Waals surface area contributed by atoms with Gasteiger partial charge in [0.25, 0.3) is 5.69 Å². The van der Waals surface area contributed by atoms with Crippen LogP contribution >= 0.6 is 0 Å². The molecule has 8 nitrogen and oxygen atoms in total. The molecule has 0 saturated carbocycles. The Bertz CT molecular complexity index is 943. The molecule has 0 aliphatic rings. The zero-order valence-corrected chi connectivity index (χ0v) is 16.5. The van der Waals surface area contributed by atoms with Crippen LogP contribution in [0, 0.1) is 10.1 Å². The molecule has 0 aromatic heterocycles. The fraction of sp³-hybridized carbons (Fsp3) is 0.316. The lowest BCUT2D eigenvalue weighted by Crippen LogP contribution is -2.37. The number of nitro benzene ring substituents is 1. The fourth-order valence-electron chi connectivity index (χ4n) is 2.69. The Morgan fingerprint density at radius 1 is 1.07 bits per heavy atom.